The van der Waals surface area contributed by atoms with Gasteiger partial charge in [-0.05, 0) is 67.1 Å². The van der Waals surface area contributed by atoms with Gasteiger partial charge in [-0.2, -0.15) is 0 Å². The summed E-state index contributed by atoms with van der Waals surface area (Å²) in [6.45, 7) is 13.1. The van der Waals surface area contributed by atoms with E-state index >= 15 is 0 Å². The zero-order valence-corrected chi connectivity index (χ0v) is 19.5. The topological polar surface area (TPSA) is 44.8 Å². The predicted octanol–water partition coefficient (Wildman–Crippen LogP) is 5.44. The first-order valence-electron chi connectivity index (χ1n) is 10.2. The number of carbonyl (C=O) groups is 1. The van der Waals surface area contributed by atoms with Crippen molar-refractivity contribution in [3.05, 3.63) is 41.2 Å². The summed E-state index contributed by atoms with van der Waals surface area (Å²) in [6, 6.07) is 6.23. The average molecular weight is 403 g/mol. The summed E-state index contributed by atoms with van der Waals surface area (Å²) in [7, 11) is 1.08. The fraction of sp³-hybridized carbons (Fsp3) is 0.609. The van der Waals surface area contributed by atoms with Gasteiger partial charge in [-0.15, -0.1) is 0 Å². The van der Waals surface area contributed by atoms with Gasteiger partial charge in [0.2, 0.25) is 8.32 Å². The summed E-state index contributed by atoms with van der Waals surface area (Å²) in [4.78, 5) is 13.2. The van der Waals surface area contributed by atoms with Crippen molar-refractivity contribution in [1.82, 2.24) is 0 Å². The second-order valence-electron chi connectivity index (χ2n) is 9.56. The maximum Gasteiger partial charge on any atom is 0.320 e. The van der Waals surface area contributed by atoms with Crippen molar-refractivity contribution in [3.8, 4) is 5.75 Å². The quantitative estimate of drug-likeness (QED) is 0.374. The molecule has 1 aromatic rings. The fourth-order valence-corrected chi connectivity index (χ4v) is 5.68. The normalized spacial score (nSPS) is 26.8. The minimum atomic E-state index is -2.09. The highest BCUT2D eigenvalue weighted by Gasteiger charge is 2.75. The number of ether oxygens (including phenoxy) is 2. The molecule has 5 heteroatoms. The van der Waals surface area contributed by atoms with Crippen molar-refractivity contribution in [3.63, 3.8) is 0 Å². The van der Waals surface area contributed by atoms with Crippen LogP contribution in [0.2, 0.25) is 18.1 Å². The number of benzene rings is 1. The van der Waals surface area contributed by atoms with Crippen molar-refractivity contribution >= 4 is 14.3 Å². The summed E-state index contributed by atoms with van der Waals surface area (Å²) in [5.74, 6) is 1.77. The van der Waals surface area contributed by atoms with Crippen LogP contribution in [-0.2, 0) is 20.4 Å². The zero-order chi connectivity index (χ0) is 20.9. The van der Waals surface area contributed by atoms with Crippen LogP contribution < -0.4 is 4.74 Å². The molecule has 3 atom stereocenters. The van der Waals surface area contributed by atoms with Crippen LogP contribution in [0.4, 0.5) is 0 Å². The molecule has 3 rings (SSSR count). The van der Waals surface area contributed by atoms with Crippen molar-refractivity contribution < 1.29 is 18.7 Å². The fourth-order valence-electron chi connectivity index (χ4n) is 4.54. The maximum absolute atomic E-state index is 13.2. The minimum Gasteiger partial charge on any atom is -0.546 e. The lowest BCUT2D eigenvalue weighted by Crippen LogP contribution is -2.42. The molecule has 0 heterocycles. The molecule has 2 aliphatic rings. The molecular weight excluding hydrogens is 368 g/mol. The Morgan fingerprint density at radius 3 is 2.46 bits per heavy atom. The highest BCUT2D eigenvalue weighted by molar-refractivity contribution is 6.74. The molecule has 0 saturated heterocycles. The number of esters is 1. The van der Waals surface area contributed by atoms with E-state index in [0.29, 0.717) is 0 Å². The van der Waals surface area contributed by atoms with E-state index < -0.39 is 13.7 Å². The van der Waals surface area contributed by atoms with Gasteiger partial charge in [0.25, 0.3) is 0 Å². The Hall–Kier alpha value is -1.75. The van der Waals surface area contributed by atoms with Gasteiger partial charge in [-0.25, -0.2) is 0 Å². The SMILES string of the molecule is C/C=C(\O[Si](C)(C)C(C)(C)C)[C@]1(C(=O)OC)[C@@H]2c3cc(OC)ccc3CC[C@@H]21. The smallest absolute Gasteiger partial charge is 0.320 e. The Morgan fingerprint density at radius 1 is 1.25 bits per heavy atom. The molecule has 0 aromatic heterocycles. The molecule has 0 unspecified atom stereocenters. The van der Waals surface area contributed by atoms with Crippen LogP contribution in [0.25, 0.3) is 0 Å². The molecule has 4 nitrogen and oxygen atoms in total. The van der Waals surface area contributed by atoms with E-state index in [0.717, 1.165) is 24.4 Å². The molecule has 28 heavy (non-hydrogen) atoms. The molecule has 0 bridgehead atoms. The second kappa shape index (κ2) is 6.94. The van der Waals surface area contributed by atoms with Gasteiger partial charge in [-0.3, -0.25) is 4.79 Å². The van der Waals surface area contributed by atoms with Gasteiger partial charge in [0.15, 0.2) is 0 Å². The molecule has 0 N–H and O–H groups in total. The summed E-state index contributed by atoms with van der Waals surface area (Å²) in [5.41, 5.74) is 1.80. The van der Waals surface area contributed by atoms with E-state index in [1.807, 2.05) is 19.1 Å². The summed E-state index contributed by atoms with van der Waals surface area (Å²) in [6.07, 6.45) is 3.93. The first kappa shape index (κ1) is 21.0. The van der Waals surface area contributed by atoms with Crippen LogP contribution in [0.15, 0.2) is 30.0 Å². The van der Waals surface area contributed by atoms with Crippen molar-refractivity contribution in [1.29, 1.82) is 0 Å². The van der Waals surface area contributed by atoms with Crippen LogP contribution in [0.5, 0.6) is 5.75 Å². The second-order valence-corrected chi connectivity index (χ2v) is 14.3. The lowest BCUT2D eigenvalue weighted by atomic mass is 9.91. The number of hydrogen-bond acceptors (Lipinski definition) is 4. The average Bonchev–Trinajstić information content (AvgIpc) is 3.34. The molecule has 0 radical (unpaired) electrons. The maximum atomic E-state index is 13.2. The van der Waals surface area contributed by atoms with Crippen molar-refractivity contribution in [2.45, 2.75) is 64.6 Å². The molecule has 0 spiro atoms. The highest BCUT2D eigenvalue weighted by atomic mass is 28.4. The van der Waals surface area contributed by atoms with E-state index in [2.05, 4.69) is 46.0 Å². The van der Waals surface area contributed by atoms with Crippen LogP contribution in [-0.4, -0.2) is 28.5 Å². The molecule has 1 aromatic carbocycles. The third kappa shape index (κ3) is 2.99. The van der Waals surface area contributed by atoms with E-state index in [1.165, 1.54) is 18.2 Å². The number of carbonyl (C=O) groups excluding carboxylic acids is 1. The standard InChI is InChI=1S/C23H34O4Si/c1-9-19(27-28(7,8)22(2,3)4)23(21(24)26-6)18-13-11-15-10-12-16(25-5)14-17(15)20(18)23/h9-10,12,14,18,20H,11,13H2,1-8H3/b19-9-/t18-,20+,23-/m0/s1. The van der Waals surface area contributed by atoms with Crippen LogP contribution >= 0.6 is 0 Å². The van der Waals surface area contributed by atoms with Gasteiger partial charge in [0, 0.05) is 5.92 Å². The van der Waals surface area contributed by atoms with Crippen LogP contribution in [0.1, 0.15) is 51.2 Å². The van der Waals surface area contributed by atoms with E-state index in [-0.39, 0.29) is 22.8 Å². The van der Waals surface area contributed by atoms with E-state index in [4.69, 9.17) is 13.9 Å². The molecule has 1 fully saturated rings. The van der Waals surface area contributed by atoms with E-state index in [1.54, 1.807) is 7.11 Å². The largest absolute Gasteiger partial charge is 0.546 e. The molecule has 2 aliphatic carbocycles. The molecule has 0 aliphatic heterocycles. The first-order chi connectivity index (χ1) is 13.0. The minimum absolute atomic E-state index is 0.0553. The zero-order valence-electron chi connectivity index (χ0n) is 18.5. The molecule has 1 saturated carbocycles. The number of aryl methyl sites for hydroxylation is 1. The van der Waals surface area contributed by atoms with Gasteiger partial charge in [-0.1, -0.05) is 32.9 Å². The Balaban J connectivity index is 2.07. The van der Waals surface area contributed by atoms with Gasteiger partial charge in [0.1, 0.15) is 11.2 Å². The predicted molar refractivity (Wildman–Crippen MR) is 114 cm³/mol. The number of hydrogen-bond donors (Lipinski definition) is 0. The van der Waals surface area contributed by atoms with Gasteiger partial charge < -0.3 is 13.9 Å². The van der Waals surface area contributed by atoms with Crippen molar-refractivity contribution in [2.24, 2.45) is 11.3 Å². The number of rotatable bonds is 5. The Bertz CT molecular complexity index is 805. The highest BCUT2D eigenvalue weighted by Crippen LogP contribution is 2.73. The van der Waals surface area contributed by atoms with Gasteiger partial charge in [0.05, 0.1) is 20.0 Å². The third-order valence-corrected chi connectivity index (χ3v) is 11.5. The third-order valence-electron chi connectivity index (χ3n) is 7.15. The van der Waals surface area contributed by atoms with Crippen molar-refractivity contribution in [2.75, 3.05) is 14.2 Å². The number of fused-ring (bicyclic) bond motifs is 3. The van der Waals surface area contributed by atoms with Crippen LogP contribution in [0.3, 0.4) is 0 Å². The Morgan fingerprint density at radius 2 is 1.93 bits per heavy atom. The summed E-state index contributed by atoms with van der Waals surface area (Å²) < 4.78 is 17.5. The Labute approximate surface area is 170 Å². The number of methoxy groups -OCH3 is 2. The van der Waals surface area contributed by atoms with Crippen LogP contribution in [0, 0.1) is 11.3 Å². The molecule has 0 amide bonds. The monoisotopic (exact) mass is 402 g/mol. The number of allylic oxidation sites excluding steroid dienone is 1. The first-order valence-corrected chi connectivity index (χ1v) is 13.1. The molecular formula is C23H34O4Si. The molecule has 154 valence electrons. The van der Waals surface area contributed by atoms with E-state index in [9.17, 15) is 4.79 Å². The Kier molecular flexibility index (Phi) is 5.20. The van der Waals surface area contributed by atoms with Gasteiger partial charge >= 0.3 is 5.97 Å². The lowest BCUT2D eigenvalue weighted by molar-refractivity contribution is -0.147. The lowest BCUT2D eigenvalue weighted by Gasteiger charge is -2.39. The summed E-state index contributed by atoms with van der Waals surface area (Å²) >= 11 is 0. The summed E-state index contributed by atoms with van der Waals surface area (Å²) in [5, 5.41) is 0.0553.